The van der Waals surface area contributed by atoms with Crippen molar-refractivity contribution in [1.29, 1.82) is 0 Å². The largest absolute Gasteiger partial charge is 0.496 e. The van der Waals surface area contributed by atoms with E-state index in [0.717, 1.165) is 16.9 Å². The minimum atomic E-state index is -0.767. The lowest BCUT2D eigenvalue weighted by molar-refractivity contribution is -0.156. The van der Waals surface area contributed by atoms with E-state index in [2.05, 4.69) is 0 Å². The van der Waals surface area contributed by atoms with Crippen LogP contribution in [0, 0.1) is 6.92 Å². The molecule has 0 saturated carbocycles. The Balaban J connectivity index is 2.36. The third kappa shape index (κ3) is 1.80. The molecule has 1 aromatic rings. The van der Waals surface area contributed by atoms with E-state index in [1.807, 2.05) is 25.1 Å². The van der Waals surface area contributed by atoms with E-state index in [1.54, 1.807) is 7.11 Å². The number of rotatable bonds is 3. The maximum Gasteiger partial charge on any atom is 0.207 e. The van der Waals surface area contributed by atoms with Gasteiger partial charge in [-0.2, -0.15) is 0 Å². The predicted octanol–water partition coefficient (Wildman–Crippen LogP) is 1.16. The van der Waals surface area contributed by atoms with E-state index in [1.165, 1.54) is 0 Å². The van der Waals surface area contributed by atoms with Gasteiger partial charge in [0.2, 0.25) is 5.79 Å². The summed E-state index contributed by atoms with van der Waals surface area (Å²) in [5, 5.41) is 0. The van der Waals surface area contributed by atoms with Gasteiger partial charge in [-0.3, -0.25) is 0 Å². The van der Waals surface area contributed by atoms with Crippen molar-refractivity contribution >= 4 is 0 Å². The molecule has 1 saturated heterocycles. The molecule has 1 aliphatic heterocycles. The van der Waals surface area contributed by atoms with Crippen molar-refractivity contribution in [2.24, 2.45) is 5.73 Å². The van der Waals surface area contributed by atoms with Crippen LogP contribution in [0.1, 0.15) is 11.1 Å². The molecule has 0 unspecified atom stereocenters. The lowest BCUT2D eigenvalue weighted by Gasteiger charge is -2.26. The molecule has 1 aromatic carbocycles. The van der Waals surface area contributed by atoms with Crippen LogP contribution in [-0.2, 0) is 15.3 Å². The van der Waals surface area contributed by atoms with Gasteiger partial charge in [0.05, 0.1) is 26.9 Å². The monoisotopic (exact) mass is 223 g/mol. The number of nitrogens with two attached hydrogens (primary N) is 1. The molecule has 4 heteroatoms. The first kappa shape index (κ1) is 11.4. The molecular weight excluding hydrogens is 206 g/mol. The van der Waals surface area contributed by atoms with Gasteiger partial charge >= 0.3 is 0 Å². The average molecular weight is 223 g/mol. The van der Waals surface area contributed by atoms with Crippen LogP contribution in [-0.4, -0.2) is 26.9 Å². The summed E-state index contributed by atoms with van der Waals surface area (Å²) in [5.74, 6) is 0.0886. The van der Waals surface area contributed by atoms with Gasteiger partial charge in [0.15, 0.2) is 0 Å². The molecule has 0 atom stereocenters. The summed E-state index contributed by atoms with van der Waals surface area (Å²) in [6.45, 7) is 3.48. The second-order valence-electron chi connectivity index (χ2n) is 3.84. The third-order valence-electron chi connectivity index (χ3n) is 2.86. The zero-order chi connectivity index (χ0) is 11.6. The van der Waals surface area contributed by atoms with Gasteiger partial charge < -0.3 is 19.9 Å². The maximum atomic E-state index is 5.74. The van der Waals surface area contributed by atoms with Crippen molar-refractivity contribution in [3.63, 3.8) is 0 Å². The lowest BCUT2D eigenvalue weighted by Crippen LogP contribution is -2.36. The highest BCUT2D eigenvalue weighted by molar-refractivity contribution is 5.38. The Morgan fingerprint density at radius 3 is 2.56 bits per heavy atom. The van der Waals surface area contributed by atoms with Crippen molar-refractivity contribution in [3.8, 4) is 5.75 Å². The summed E-state index contributed by atoms with van der Waals surface area (Å²) in [5.41, 5.74) is 7.74. The van der Waals surface area contributed by atoms with Gasteiger partial charge in [-0.1, -0.05) is 0 Å². The Morgan fingerprint density at radius 1 is 1.38 bits per heavy atom. The topological polar surface area (TPSA) is 53.7 Å². The summed E-state index contributed by atoms with van der Waals surface area (Å²) >= 11 is 0. The lowest BCUT2D eigenvalue weighted by atomic mass is 10.0. The van der Waals surface area contributed by atoms with Crippen LogP contribution in [0.5, 0.6) is 5.75 Å². The molecule has 88 valence electrons. The summed E-state index contributed by atoms with van der Waals surface area (Å²) < 4.78 is 16.4. The Morgan fingerprint density at radius 2 is 2.06 bits per heavy atom. The molecule has 0 spiro atoms. The van der Waals surface area contributed by atoms with Gasteiger partial charge in [-0.25, -0.2) is 0 Å². The Hall–Kier alpha value is -1.10. The molecule has 1 fully saturated rings. The van der Waals surface area contributed by atoms with Gasteiger partial charge in [0, 0.05) is 5.56 Å². The van der Waals surface area contributed by atoms with Crippen LogP contribution < -0.4 is 10.5 Å². The molecular formula is C12H17NO3. The van der Waals surface area contributed by atoms with Gasteiger partial charge in [0.25, 0.3) is 0 Å². The fraction of sp³-hybridized carbons (Fsp3) is 0.500. The van der Waals surface area contributed by atoms with E-state index in [9.17, 15) is 0 Å². The van der Waals surface area contributed by atoms with Gasteiger partial charge in [-0.15, -0.1) is 0 Å². The molecule has 0 aromatic heterocycles. The summed E-state index contributed by atoms with van der Waals surface area (Å²) in [7, 11) is 1.66. The first-order chi connectivity index (χ1) is 7.72. The highest BCUT2D eigenvalue weighted by Gasteiger charge is 2.37. The molecule has 16 heavy (non-hydrogen) atoms. The minimum Gasteiger partial charge on any atom is -0.496 e. The highest BCUT2D eigenvalue weighted by Crippen LogP contribution is 2.32. The zero-order valence-corrected chi connectivity index (χ0v) is 9.66. The van der Waals surface area contributed by atoms with Gasteiger partial charge in [0.1, 0.15) is 5.75 Å². The van der Waals surface area contributed by atoms with Crippen LogP contribution in [0.3, 0.4) is 0 Å². The van der Waals surface area contributed by atoms with Crippen molar-refractivity contribution in [2.75, 3.05) is 26.9 Å². The fourth-order valence-electron chi connectivity index (χ4n) is 1.97. The zero-order valence-electron chi connectivity index (χ0n) is 9.66. The van der Waals surface area contributed by atoms with E-state index in [4.69, 9.17) is 19.9 Å². The molecule has 2 N–H and O–H groups in total. The molecule has 4 nitrogen and oxygen atoms in total. The smallest absolute Gasteiger partial charge is 0.207 e. The van der Waals surface area contributed by atoms with Crippen LogP contribution >= 0.6 is 0 Å². The van der Waals surface area contributed by atoms with Crippen LogP contribution in [0.25, 0.3) is 0 Å². The number of aryl methyl sites for hydroxylation is 1. The first-order valence-corrected chi connectivity index (χ1v) is 5.35. The van der Waals surface area contributed by atoms with E-state index in [-0.39, 0.29) is 0 Å². The minimum absolute atomic E-state index is 0.318. The molecule has 0 radical (unpaired) electrons. The van der Waals surface area contributed by atoms with Crippen molar-refractivity contribution in [3.05, 3.63) is 29.3 Å². The molecule has 1 aliphatic rings. The van der Waals surface area contributed by atoms with Crippen LogP contribution in [0.15, 0.2) is 18.2 Å². The Labute approximate surface area is 95.3 Å². The second kappa shape index (κ2) is 4.41. The third-order valence-corrected chi connectivity index (χ3v) is 2.86. The number of hydrogen-bond donors (Lipinski definition) is 1. The summed E-state index contributed by atoms with van der Waals surface area (Å²) in [4.78, 5) is 0. The van der Waals surface area contributed by atoms with Crippen LogP contribution in [0.4, 0.5) is 0 Å². The summed E-state index contributed by atoms with van der Waals surface area (Å²) in [6, 6.07) is 5.84. The first-order valence-electron chi connectivity index (χ1n) is 5.35. The molecule has 1 heterocycles. The fourth-order valence-corrected chi connectivity index (χ4v) is 1.97. The van der Waals surface area contributed by atoms with Crippen molar-refractivity contribution in [2.45, 2.75) is 12.7 Å². The Kier molecular flexibility index (Phi) is 3.14. The number of hydrogen-bond acceptors (Lipinski definition) is 4. The summed E-state index contributed by atoms with van der Waals surface area (Å²) in [6.07, 6.45) is 0. The number of benzene rings is 1. The number of methoxy groups -OCH3 is 1. The van der Waals surface area contributed by atoms with Crippen molar-refractivity contribution < 1.29 is 14.2 Å². The maximum absolute atomic E-state index is 5.74. The van der Waals surface area contributed by atoms with Gasteiger partial charge in [-0.05, 0) is 30.7 Å². The number of ether oxygens (including phenoxy) is 3. The molecule has 0 bridgehead atoms. The normalized spacial score (nSPS) is 18.7. The Bertz CT molecular complexity index is 373. The standard InChI is InChI=1S/C12H17NO3/c1-9-7-10(3-4-11(9)14-2)12(8-13)15-5-6-16-12/h3-4,7H,5-6,8,13H2,1-2H3. The van der Waals surface area contributed by atoms with E-state index in [0.29, 0.717) is 19.8 Å². The molecule has 2 rings (SSSR count). The van der Waals surface area contributed by atoms with Crippen molar-refractivity contribution in [1.82, 2.24) is 0 Å². The highest BCUT2D eigenvalue weighted by atomic mass is 16.7. The molecule has 0 aliphatic carbocycles. The molecule has 0 amide bonds. The van der Waals surface area contributed by atoms with Crippen LogP contribution in [0.2, 0.25) is 0 Å². The predicted molar refractivity (Wildman–Crippen MR) is 60.4 cm³/mol. The SMILES string of the molecule is COc1ccc(C2(CN)OCCO2)cc1C. The quantitative estimate of drug-likeness (QED) is 0.835. The second-order valence-corrected chi connectivity index (χ2v) is 3.84. The van der Waals surface area contributed by atoms with E-state index < -0.39 is 5.79 Å². The average Bonchev–Trinajstić information content (AvgIpc) is 2.78. The van der Waals surface area contributed by atoms with E-state index >= 15 is 0 Å².